The van der Waals surface area contributed by atoms with E-state index < -0.39 is 25.1 Å². The van der Waals surface area contributed by atoms with Crippen molar-refractivity contribution in [1.82, 2.24) is 4.31 Å². The van der Waals surface area contributed by atoms with Gasteiger partial charge in [0.05, 0.1) is 15.4 Å². The predicted molar refractivity (Wildman–Crippen MR) is 89.8 cm³/mol. The highest BCUT2D eigenvalue weighted by molar-refractivity contribution is 7.93. The summed E-state index contributed by atoms with van der Waals surface area (Å²) < 4.78 is 51.4. The lowest BCUT2D eigenvalue weighted by molar-refractivity contribution is 0.300. The molecule has 1 aliphatic carbocycles. The second-order valence-electron chi connectivity index (χ2n) is 6.24. The summed E-state index contributed by atoms with van der Waals surface area (Å²) in [4.78, 5) is 0.196. The average Bonchev–Trinajstić information content (AvgIpc) is 2.46. The lowest BCUT2D eigenvalue weighted by Crippen LogP contribution is -2.58. The van der Waals surface area contributed by atoms with Crippen LogP contribution in [0.3, 0.4) is 0 Å². The molecule has 1 saturated carbocycles. The number of hydrogen-bond acceptors (Lipinski definition) is 4. The third kappa shape index (κ3) is 3.29. The molecule has 2 aliphatic rings. The van der Waals surface area contributed by atoms with Gasteiger partial charge in [-0.05, 0) is 37.1 Å². The van der Waals surface area contributed by atoms with Gasteiger partial charge in [0.1, 0.15) is 0 Å². The Labute approximate surface area is 142 Å². The molecule has 0 bridgehead atoms. The molecule has 0 spiro atoms. The number of sulfone groups is 1. The molecule has 1 heterocycles. The van der Waals surface area contributed by atoms with Crippen LogP contribution >= 0.6 is 11.6 Å². The fraction of sp³-hybridized carbons (Fsp3) is 0.600. The Morgan fingerprint density at radius 1 is 0.870 bits per heavy atom. The van der Waals surface area contributed by atoms with Crippen LogP contribution in [-0.4, -0.2) is 44.7 Å². The van der Waals surface area contributed by atoms with Crippen LogP contribution in [0.4, 0.5) is 0 Å². The Morgan fingerprint density at radius 3 is 2.00 bits per heavy atom. The quantitative estimate of drug-likeness (QED) is 0.808. The fourth-order valence-electron chi connectivity index (χ4n) is 3.20. The molecule has 1 aliphatic heterocycles. The summed E-state index contributed by atoms with van der Waals surface area (Å²) in [6.07, 6.45) is 4.33. The van der Waals surface area contributed by atoms with Crippen molar-refractivity contribution in [1.29, 1.82) is 0 Å². The largest absolute Gasteiger partial charge is 0.223 e. The number of hydrogen-bond donors (Lipinski definition) is 0. The third-order valence-corrected chi connectivity index (χ3v) is 9.42. The van der Waals surface area contributed by atoms with Gasteiger partial charge >= 0.3 is 0 Å². The van der Waals surface area contributed by atoms with E-state index in [1.165, 1.54) is 28.6 Å². The molecule has 1 aromatic carbocycles. The zero-order valence-electron chi connectivity index (χ0n) is 12.7. The van der Waals surface area contributed by atoms with Gasteiger partial charge in [0.25, 0.3) is 0 Å². The van der Waals surface area contributed by atoms with Gasteiger partial charge in [-0.25, -0.2) is 16.8 Å². The molecule has 8 heteroatoms. The van der Waals surface area contributed by atoms with Crippen molar-refractivity contribution in [2.45, 2.75) is 47.5 Å². The molecule has 0 amide bonds. The Bertz CT molecular complexity index is 762. The van der Waals surface area contributed by atoms with Gasteiger partial charge in [-0.3, -0.25) is 0 Å². The van der Waals surface area contributed by atoms with Gasteiger partial charge in [-0.2, -0.15) is 4.31 Å². The van der Waals surface area contributed by atoms with Crippen molar-refractivity contribution in [2.75, 3.05) is 13.1 Å². The zero-order chi connectivity index (χ0) is 16.7. The van der Waals surface area contributed by atoms with Crippen LogP contribution in [0.1, 0.15) is 32.1 Å². The summed E-state index contributed by atoms with van der Waals surface area (Å²) in [6.45, 7) is 0.119. The van der Waals surface area contributed by atoms with E-state index in [0.717, 1.165) is 19.3 Å². The van der Waals surface area contributed by atoms with Crippen molar-refractivity contribution in [3.8, 4) is 0 Å². The molecular formula is C15H20ClNO4S2. The average molecular weight is 378 g/mol. The van der Waals surface area contributed by atoms with Gasteiger partial charge in [0.2, 0.25) is 10.0 Å². The molecule has 5 nitrogen and oxygen atoms in total. The lowest BCUT2D eigenvalue weighted by Gasteiger charge is -2.40. The van der Waals surface area contributed by atoms with Crippen molar-refractivity contribution in [3.63, 3.8) is 0 Å². The van der Waals surface area contributed by atoms with E-state index in [2.05, 4.69) is 0 Å². The van der Waals surface area contributed by atoms with Crippen molar-refractivity contribution >= 4 is 31.5 Å². The molecule has 23 heavy (non-hydrogen) atoms. The Balaban J connectivity index is 1.69. The number of benzene rings is 1. The van der Waals surface area contributed by atoms with Crippen LogP contribution in [0.15, 0.2) is 29.2 Å². The second-order valence-corrected chi connectivity index (χ2v) is 11.1. The van der Waals surface area contributed by atoms with Crippen LogP contribution in [-0.2, 0) is 19.9 Å². The fourth-order valence-corrected chi connectivity index (χ4v) is 7.29. The van der Waals surface area contributed by atoms with Crippen molar-refractivity contribution < 1.29 is 16.8 Å². The molecule has 0 aromatic heterocycles. The van der Waals surface area contributed by atoms with E-state index in [4.69, 9.17) is 11.6 Å². The summed E-state index contributed by atoms with van der Waals surface area (Å²) in [6, 6.07) is 6.00. The van der Waals surface area contributed by atoms with Gasteiger partial charge in [-0.15, -0.1) is 0 Å². The number of sulfonamides is 1. The van der Waals surface area contributed by atoms with Gasteiger partial charge < -0.3 is 0 Å². The van der Waals surface area contributed by atoms with Crippen LogP contribution in [0.25, 0.3) is 0 Å². The Kier molecular flexibility index (Phi) is 4.75. The van der Waals surface area contributed by atoms with Gasteiger partial charge in [0, 0.05) is 18.1 Å². The normalized spacial score (nSPS) is 22.0. The maximum atomic E-state index is 12.5. The predicted octanol–water partition coefficient (Wildman–Crippen LogP) is 2.46. The van der Waals surface area contributed by atoms with E-state index in [9.17, 15) is 16.8 Å². The first-order valence-electron chi connectivity index (χ1n) is 7.80. The highest BCUT2D eigenvalue weighted by Gasteiger charge is 2.46. The molecule has 0 N–H and O–H groups in total. The smallest absolute Gasteiger partial charge is 0.217 e. The second kappa shape index (κ2) is 6.35. The maximum absolute atomic E-state index is 12.5. The minimum absolute atomic E-state index is 0.0593. The van der Waals surface area contributed by atoms with Crippen molar-refractivity contribution in [3.05, 3.63) is 29.3 Å². The Hall–Kier alpha value is -0.630. The van der Waals surface area contributed by atoms with E-state index in [1.807, 2.05) is 0 Å². The topological polar surface area (TPSA) is 71.5 Å². The monoisotopic (exact) mass is 377 g/mol. The highest BCUT2D eigenvalue weighted by atomic mass is 35.5. The highest BCUT2D eigenvalue weighted by Crippen LogP contribution is 2.32. The summed E-state index contributed by atoms with van der Waals surface area (Å²) in [7, 11) is -6.87. The minimum Gasteiger partial charge on any atom is -0.223 e. The van der Waals surface area contributed by atoms with Crippen LogP contribution in [0.5, 0.6) is 0 Å². The molecule has 3 rings (SSSR count). The zero-order valence-corrected chi connectivity index (χ0v) is 15.1. The molecule has 0 unspecified atom stereocenters. The number of rotatable bonds is 4. The van der Waals surface area contributed by atoms with E-state index >= 15 is 0 Å². The SMILES string of the molecule is O=S(=O)(c1ccc(Cl)cc1)C1CN(S(=O)(=O)C2CCCCC2)C1. The summed E-state index contributed by atoms with van der Waals surface area (Å²) in [5.74, 6) is 0. The first-order valence-corrected chi connectivity index (χ1v) is 11.2. The van der Waals surface area contributed by atoms with Crippen LogP contribution < -0.4 is 0 Å². The molecule has 0 atom stereocenters. The van der Waals surface area contributed by atoms with Crippen LogP contribution in [0, 0.1) is 0 Å². The molecule has 128 valence electrons. The summed E-state index contributed by atoms with van der Waals surface area (Å²) >= 11 is 5.78. The van der Waals surface area contributed by atoms with E-state index in [0.29, 0.717) is 17.9 Å². The number of nitrogens with zero attached hydrogens (tertiary/aromatic N) is 1. The molecule has 0 radical (unpaired) electrons. The van der Waals surface area contributed by atoms with Crippen LogP contribution in [0.2, 0.25) is 5.02 Å². The van der Waals surface area contributed by atoms with Gasteiger partial charge in [-0.1, -0.05) is 30.9 Å². The maximum Gasteiger partial charge on any atom is 0.217 e. The van der Waals surface area contributed by atoms with Gasteiger partial charge in [0.15, 0.2) is 9.84 Å². The minimum atomic E-state index is -3.51. The lowest BCUT2D eigenvalue weighted by atomic mass is 10.0. The molecule has 2 fully saturated rings. The first kappa shape index (κ1) is 17.2. The molecule has 1 aromatic rings. The first-order chi connectivity index (χ1) is 10.8. The van der Waals surface area contributed by atoms with E-state index in [-0.39, 0.29) is 23.2 Å². The van der Waals surface area contributed by atoms with Crippen molar-refractivity contribution in [2.24, 2.45) is 0 Å². The third-order valence-electron chi connectivity index (χ3n) is 4.73. The Morgan fingerprint density at radius 2 is 1.43 bits per heavy atom. The summed E-state index contributed by atoms with van der Waals surface area (Å²) in [5, 5.41) is -0.531. The van der Waals surface area contributed by atoms with E-state index in [1.54, 1.807) is 0 Å². The standard InChI is InChI=1S/C15H20ClNO4S2/c16-12-6-8-13(9-7-12)22(18,19)15-10-17(11-15)23(20,21)14-4-2-1-3-5-14/h6-9,14-15H,1-5,10-11H2. The number of halogens is 1. The molecular weight excluding hydrogens is 358 g/mol. The summed E-state index contributed by atoms with van der Waals surface area (Å²) in [5.41, 5.74) is 0. The molecule has 1 saturated heterocycles.